The highest BCUT2D eigenvalue weighted by Crippen LogP contribution is 2.25. The third kappa shape index (κ3) is 4.03. The van der Waals surface area contributed by atoms with Gasteiger partial charge in [0, 0.05) is 38.0 Å². The van der Waals surface area contributed by atoms with Crippen molar-refractivity contribution in [2.45, 2.75) is 12.8 Å². The Morgan fingerprint density at radius 1 is 1.10 bits per heavy atom. The van der Waals surface area contributed by atoms with Gasteiger partial charge in [0.05, 0.1) is 10.4 Å². The number of fused-ring (bicyclic) bond motifs is 1. The molecule has 3 aromatic heterocycles. The molecule has 1 aliphatic heterocycles. The quantitative estimate of drug-likeness (QED) is 0.468. The van der Waals surface area contributed by atoms with E-state index < -0.39 is 0 Å². The third-order valence-electron chi connectivity index (χ3n) is 5.32. The molecule has 0 aliphatic carbocycles. The van der Waals surface area contributed by atoms with Gasteiger partial charge in [0.1, 0.15) is 18.0 Å². The first-order valence-corrected chi connectivity index (χ1v) is 10.9. The zero-order chi connectivity index (χ0) is 20.3. The molecule has 9 heteroatoms. The second kappa shape index (κ2) is 8.45. The van der Waals surface area contributed by atoms with Gasteiger partial charge in [0.2, 0.25) is 11.7 Å². The lowest BCUT2D eigenvalue weighted by molar-refractivity contribution is 0.250. The highest BCUT2D eigenvalue weighted by atomic mass is 32.1. The molecule has 1 aromatic carbocycles. The standard InChI is InChI=1S/C21H21FN6OS/c22-15-5-6-17-16(13-15)21(24-14-23-17)28-10-8-27(9-11-28)7-1-4-19-25-20(26-29-19)18-3-2-12-30-18/h2-3,5-6,12-14H,1,4,7-11H2. The summed E-state index contributed by atoms with van der Waals surface area (Å²) in [7, 11) is 0. The van der Waals surface area contributed by atoms with E-state index in [1.54, 1.807) is 23.7 Å². The van der Waals surface area contributed by atoms with Gasteiger partial charge in [-0.15, -0.1) is 11.3 Å². The number of nitrogens with zero attached hydrogens (tertiary/aromatic N) is 6. The summed E-state index contributed by atoms with van der Waals surface area (Å²) in [5.74, 6) is 1.90. The fourth-order valence-electron chi connectivity index (χ4n) is 3.77. The number of aromatic nitrogens is 4. The Bertz CT molecular complexity index is 1120. The maximum absolute atomic E-state index is 13.7. The van der Waals surface area contributed by atoms with E-state index in [-0.39, 0.29) is 5.82 Å². The first-order chi connectivity index (χ1) is 14.8. The fourth-order valence-corrected chi connectivity index (χ4v) is 4.42. The molecule has 0 amide bonds. The van der Waals surface area contributed by atoms with Gasteiger partial charge in [0.15, 0.2) is 0 Å². The van der Waals surface area contributed by atoms with Crippen LogP contribution in [0.15, 0.2) is 46.6 Å². The predicted molar refractivity (Wildman–Crippen MR) is 114 cm³/mol. The van der Waals surface area contributed by atoms with Gasteiger partial charge in [-0.05, 0) is 42.6 Å². The number of anilines is 1. The molecule has 30 heavy (non-hydrogen) atoms. The lowest BCUT2D eigenvalue weighted by Crippen LogP contribution is -2.47. The van der Waals surface area contributed by atoms with Crippen molar-refractivity contribution in [1.82, 2.24) is 25.0 Å². The average Bonchev–Trinajstić information content (AvgIpc) is 3.46. The van der Waals surface area contributed by atoms with E-state index >= 15 is 0 Å². The lowest BCUT2D eigenvalue weighted by Gasteiger charge is -2.35. The topological polar surface area (TPSA) is 71.2 Å². The van der Waals surface area contributed by atoms with E-state index in [1.807, 2.05) is 17.5 Å². The molecular weight excluding hydrogens is 403 g/mol. The molecule has 154 valence electrons. The molecule has 1 fully saturated rings. The molecule has 4 aromatic rings. The maximum Gasteiger partial charge on any atom is 0.227 e. The van der Waals surface area contributed by atoms with Crippen molar-refractivity contribution < 1.29 is 8.91 Å². The highest BCUT2D eigenvalue weighted by molar-refractivity contribution is 7.13. The molecule has 0 radical (unpaired) electrons. The summed E-state index contributed by atoms with van der Waals surface area (Å²) in [6, 6.07) is 8.63. The summed E-state index contributed by atoms with van der Waals surface area (Å²) < 4.78 is 19.1. The van der Waals surface area contributed by atoms with Crippen LogP contribution in [0.25, 0.3) is 21.6 Å². The van der Waals surface area contributed by atoms with Gasteiger partial charge < -0.3 is 9.42 Å². The molecule has 4 heterocycles. The van der Waals surface area contributed by atoms with E-state index in [9.17, 15) is 4.39 Å². The monoisotopic (exact) mass is 424 g/mol. The molecule has 0 unspecified atom stereocenters. The van der Waals surface area contributed by atoms with Crippen LogP contribution in [0.2, 0.25) is 0 Å². The minimum absolute atomic E-state index is 0.263. The summed E-state index contributed by atoms with van der Waals surface area (Å²) in [6.07, 6.45) is 3.29. The van der Waals surface area contributed by atoms with Crippen LogP contribution in [0, 0.1) is 5.82 Å². The fraction of sp³-hybridized carbons (Fsp3) is 0.333. The number of thiophene rings is 1. The Morgan fingerprint density at radius 3 is 2.83 bits per heavy atom. The maximum atomic E-state index is 13.7. The normalized spacial score (nSPS) is 15.2. The Kier molecular flexibility index (Phi) is 5.37. The zero-order valence-corrected chi connectivity index (χ0v) is 17.2. The molecular formula is C21H21FN6OS. The molecule has 1 saturated heterocycles. The van der Waals surface area contributed by atoms with Crippen molar-refractivity contribution >= 4 is 28.1 Å². The van der Waals surface area contributed by atoms with Crippen LogP contribution in [-0.2, 0) is 6.42 Å². The highest BCUT2D eigenvalue weighted by Gasteiger charge is 2.20. The average molecular weight is 425 g/mol. The smallest absolute Gasteiger partial charge is 0.227 e. The number of piperazine rings is 1. The minimum Gasteiger partial charge on any atom is -0.353 e. The van der Waals surface area contributed by atoms with Crippen LogP contribution in [0.4, 0.5) is 10.2 Å². The summed E-state index contributed by atoms with van der Waals surface area (Å²) in [5, 5.41) is 6.84. The SMILES string of the molecule is Fc1ccc2ncnc(N3CCN(CCCc4nc(-c5cccs5)no4)CC3)c2c1. The number of hydrogen-bond acceptors (Lipinski definition) is 8. The summed E-state index contributed by atoms with van der Waals surface area (Å²) in [6.45, 7) is 4.55. The molecule has 0 N–H and O–H groups in total. The lowest BCUT2D eigenvalue weighted by atomic mass is 10.2. The molecule has 0 bridgehead atoms. The van der Waals surface area contributed by atoms with E-state index in [0.717, 1.165) is 67.2 Å². The Hall–Kier alpha value is -2.91. The van der Waals surface area contributed by atoms with Crippen LogP contribution in [0.3, 0.4) is 0 Å². The first kappa shape index (κ1) is 19.1. The molecule has 5 rings (SSSR count). The zero-order valence-electron chi connectivity index (χ0n) is 16.4. The van der Waals surface area contributed by atoms with Crippen molar-refractivity contribution in [1.29, 1.82) is 0 Å². The second-order valence-corrected chi connectivity index (χ2v) is 8.23. The van der Waals surface area contributed by atoms with Crippen LogP contribution < -0.4 is 4.90 Å². The van der Waals surface area contributed by atoms with E-state index in [2.05, 4.69) is 29.9 Å². The Balaban J connectivity index is 1.14. The van der Waals surface area contributed by atoms with Crippen molar-refractivity contribution in [2.75, 3.05) is 37.6 Å². The van der Waals surface area contributed by atoms with Gasteiger partial charge in [-0.25, -0.2) is 14.4 Å². The Morgan fingerprint density at radius 2 is 2.00 bits per heavy atom. The molecule has 0 atom stereocenters. The largest absolute Gasteiger partial charge is 0.353 e. The predicted octanol–water partition coefficient (Wildman–Crippen LogP) is 3.64. The number of rotatable bonds is 6. The molecule has 7 nitrogen and oxygen atoms in total. The van der Waals surface area contributed by atoms with Crippen LogP contribution >= 0.6 is 11.3 Å². The van der Waals surface area contributed by atoms with Crippen LogP contribution in [0.5, 0.6) is 0 Å². The van der Waals surface area contributed by atoms with Crippen LogP contribution in [0.1, 0.15) is 12.3 Å². The van der Waals surface area contributed by atoms with Gasteiger partial charge >= 0.3 is 0 Å². The van der Waals surface area contributed by atoms with Gasteiger partial charge in [-0.2, -0.15) is 4.98 Å². The van der Waals surface area contributed by atoms with E-state index in [1.165, 1.54) is 12.1 Å². The minimum atomic E-state index is -0.263. The van der Waals surface area contributed by atoms with Crippen molar-refractivity contribution in [3.05, 3.63) is 53.7 Å². The molecule has 1 aliphatic rings. The van der Waals surface area contributed by atoms with Gasteiger partial charge in [-0.3, -0.25) is 4.90 Å². The van der Waals surface area contributed by atoms with Crippen molar-refractivity contribution in [3.63, 3.8) is 0 Å². The molecule has 0 saturated carbocycles. The first-order valence-electron chi connectivity index (χ1n) is 10.0. The van der Waals surface area contributed by atoms with Crippen molar-refractivity contribution in [3.8, 4) is 10.7 Å². The number of aryl methyl sites for hydroxylation is 1. The Labute approximate surface area is 177 Å². The van der Waals surface area contributed by atoms with E-state index in [4.69, 9.17) is 4.52 Å². The third-order valence-corrected chi connectivity index (χ3v) is 6.19. The summed E-state index contributed by atoms with van der Waals surface area (Å²) >= 11 is 1.61. The number of hydrogen-bond donors (Lipinski definition) is 0. The van der Waals surface area contributed by atoms with E-state index in [0.29, 0.717) is 11.7 Å². The summed E-state index contributed by atoms with van der Waals surface area (Å²) in [4.78, 5) is 18.8. The number of halogens is 1. The second-order valence-electron chi connectivity index (χ2n) is 7.28. The molecule has 0 spiro atoms. The summed E-state index contributed by atoms with van der Waals surface area (Å²) in [5.41, 5.74) is 0.769. The number of benzene rings is 1. The van der Waals surface area contributed by atoms with Crippen molar-refractivity contribution in [2.24, 2.45) is 0 Å². The van der Waals surface area contributed by atoms with Crippen LogP contribution in [-0.4, -0.2) is 57.7 Å². The van der Waals surface area contributed by atoms with Gasteiger partial charge in [-0.1, -0.05) is 11.2 Å². The van der Waals surface area contributed by atoms with Gasteiger partial charge in [0.25, 0.3) is 0 Å².